The molecule has 0 aromatic carbocycles. The van der Waals surface area contributed by atoms with Crippen molar-refractivity contribution in [1.29, 1.82) is 0 Å². The van der Waals surface area contributed by atoms with Crippen LogP contribution in [0, 0.1) is 0 Å². The summed E-state index contributed by atoms with van der Waals surface area (Å²) >= 11 is 11.6. The molecule has 0 atom stereocenters. The fourth-order valence-corrected chi connectivity index (χ4v) is 1.64. The minimum atomic E-state index is 0.674. The van der Waals surface area contributed by atoms with Gasteiger partial charge in [-0.15, -0.1) is 11.6 Å². The van der Waals surface area contributed by atoms with Crippen LogP contribution in [-0.2, 0) is 13.0 Å². The topological polar surface area (TPSA) is 17.8 Å². The van der Waals surface area contributed by atoms with Gasteiger partial charge in [0, 0.05) is 12.4 Å². The van der Waals surface area contributed by atoms with Crippen molar-refractivity contribution in [2.45, 2.75) is 32.7 Å². The highest BCUT2D eigenvalue weighted by Crippen LogP contribution is 2.17. The number of nitrogens with zero attached hydrogens (tertiary/aromatic N) is 2. The third kappa shape index (κ3) is 2.89. The molecule has 2 nitrogen and oxygen atoms in total. The maximum atomic E-state index is 5.99. The highest BCUT2D eigenvalue weighted by atomic mass is 35.5. The van der Waals surface area contributed by atoms with Crippen molar-refractivity contribution >= 4 is 23.2 Å². The van der Waals surface area contributed by atoms with Gasteiger partial charge in [-0.25, -0.2) is 0 Å². The molecule has 0 saturated heterocycles. The molecule has 0 saturated carbocycles. The maximum Gasteiger partial charge on any atom is 0.0817 e. The highest BCUT2D eigenvalue weighted by molar-refractivity contribution is 6.31. The molecule has 1 aromatic rings. The van der Waals surface area contributed by atoms with Crippen LogP contribution in [0.3, 0.4) is 0 Å². The van der Waals surface area contributed by atoms with Crippen LogP contribution in [0.2, 0.25) is 5.02 Å². The number of aryl methyl sites for hydroxylation is 1. The molecule has 1 heterocycles. The zero-order chi connectivity index (χ0) is 9.68. The molecule has 0 amide bonds. The van der Waals surface area contributed by atoms with Crippen LogP contribution < -0.4 is 0 Å². The molecule has 0 fully saturated rings. The fourth-order valence-electron chi connectivity index (χ4n) is 1.28. The predicted octanol–water partition coefficient (Wildman–Crippen LogP) is 3.12. The van der Waals surface area contributed by atoms with Gasteiger partial charge >= 0.3 is 0 Å². The Kier molecular flexibility index (Phi) is 4.60. The molecule has 13 heavy (non-hydrogen) atoms. The lowest BCUT2D eigenvalue weighted by atomic mass is 10.2. The first kappa shape index (κ1) is 10.9. The Balaban J connectivity index is 2.69. The first-order chi connectivity index (χ1) is 6.29. The van der Waals surface area contributed by atoms with E-state index in [1.165, 1.54) is 0 Å². The Morgan fingerprint density at radius 1 is 1.54 bits per heavy atom. The molecule has 0 N–H and O–H groups in total. The minimum Gasteiger partial charge on any atom is -0.268 e. The van der Waals surface area contributed by atoms with Crippen LogP contribution in [0.1, 0.15) is 25.5 Å². The van der Waals surface area contributed by atoms with E-state index in [1.807, 2.05) is 4.68 Å². The summed E-state index contributed by atoms with van der Waals surface area (Å²) in [4.78, 5) is 0. The van der Waals surface area contributed by atoms with E-state index in [0.717, 1.165) is 36.5 Å². The standard InChI is InChI=1S/C9H14Cl2N2/c1-2-6-13-9(4-3-5-10)8(11)7-12-13/h7H,2-6H2,1H3. The molecule has 0 aliphatic carbocycles. The second-order valence-electron chi connectivity index (χ2n) is 2.95. The molecule has 1 aromatic heterocycles. The van der Waals surface area contributed by atoms with Crippen molar-refractivity contribution in [3.05, 3.63) is 16.9 Å². The van der Waals surface area contributed by atoms with Gasteiger partial charge < -0.3 is 0 Å². The zero-order valence-electron chi connectivity index (χ0n) is 7.76. The second kappa shape index (κ2) is 5.51. The lowest BCUT2D eigenvalue weighted by molar-refractivity contribution is 0.571. The van der Waals surface area contributed by atoms with E-state index in [1.54, 1.807) is 6.20 Å². The van der Waals surface area contributed by atoms with E-state index >= 15 is 0 Å². The molecule has 0 radical (unpaired) electrons. The summed E-state index contributed by atoms with van der Waals surface area (Å²) in [5.41, 5.74) is 1.11. The van der Waals surface area contributed by atoms with E-state index < -0.39 is 0 Å². The summed E-state index contributed by atoms with van der Waals surface area (Å²) in [6.07, 6.45) is 4.66. The van der Waals surface area contributed by atoms with Crippen molar-refractivity contribution in [2.24, 2.45) is 0 Å². The summed E-state index contributed by atoms with van der Waals surface area (Å²) in [5, 5.41) is 4.96. The average molecular weight is 221 g/mol. The van der Waals surface area contributed by atoms with E-state index in [-0.39, 0.29) is 0 Å². The second-order valence-corrected chi connectivity index (χ2v) is 3.74. The Bertz CT molecular complexity index is 258. The molecule has 0 unspecified atom stereocenters. The quantitative estimate of drug-likeness (QED) is 0.698. The van der Waals surface area contributed by atoms with Gasteiger partial charge in [-0.3, -0.25) is 4.68 Å². The SMILES string of the molecule is CCCn1ncc(Cl)c1CCCCl. The third-order valence-electron chi connectivity index (χ3n) is 1.88. The van der Waals surface area contributed by atoms with Crippen LogP contribution in [0.5, 0.6) is 0 Å². The van der Waals surface area contributed by atoms with Crippen molar-refractivity contribution < 1.29 is 0 Å². The molecule has 0 aliphatic heterocycles. The van der Waals surface area contributed by atoms with Crippen molar-refractivity contribution in [2.75, 3.05) is 5.88 Å². The summed E-state index contributed by atoms with van der Waals surface area (Å²) in [5.74, 6) is 0.674. The number of halogens is 2. The molecule has 1 rings (SSSR count). The average Bonchev–Trinajstić information content (AvgIpc) is 2.45. The minimum absolute atomic E-state index is 0.674. The Morgan fingerprint density at radius 2 is 2.31 bits per heavy atom. The van der Waals surface area contributed by atoms with E-state index in [0.29, 0.717) is 5.88 Å². The van der Waals surface area contributed by atoms with E-state index in [2.05, 4.69) is 12.0 Å². The lowest BCUT2D eigenvalue weighted by Gasteiger charge is -2.05. The molecular formula is C9H14Cl2N2. The molecule has 0 bridgehead atoms. The van der Waals surface area contributed by atoms with Crippen LogP contribution >= 0.6 is 23.2 Å². The summed E-state index contributed by atoms with van der Waals surface area (Å²) < 4.78 is 1.97. The highest BCUT2D eigenvalue weighted by Gasteiger charge is 2.07. The van der Waals surface area contributed by atoms with Crippen molar-refractivity contribution in [1.82, 2.24) is 9.78 Å². The van der Waals surface area contributed by atoms with Gasteiger partial charge in [-0.1, -0.05) is 18.5 Å². The van der Waals surface area contributed by atoms with E-state index in [4.69, 9.17) is 23.2 Å². The Labute approximate surface area is 88.8 Å². The third-order valence-corrected chi connectivity index (χ3v) is 2.46. The monoisotopic (exact) mass is 220 g/mol. The molecule has 0 aliphatic rings. The number of hydrogen-bond acceptors (Lipinski definition) is 1. The maximum absolute atomic E-state index is 5.99. The van der Waals surface area contributed by atoms with Crippen LogP contribution in [-0.4, -0.2) is 15.7 Å². The number of hydrogen-bond donors (Lipinski definition) is 0. The predicted molar refractivity (Wildman–Crippen MR) is 56.6 cm³/mol. The largest absolute Gasteiger partial charge is 0.268 e. The zero-order valence-corrected chi connectivity index (χ0v) is 9.28. The summed E-state index contributed by atoms with van der Waals surface area (Å²) in [6.45, 7) is 3.06. The Hall–Kier alpha value is -0.210. The van der Waals surface area contributed by atoms with Gasteiger partial charge in [0.2, 0.25) is 0 Å². The summed E-state index contributed by atoms with van der Waals surface area (Å²) in [7, 11) is 0. The van der Waals surface area contributed by atoms with Gasteiger partial charge in [-0.05, 0) is 19.3 Å². The smallest absolute Gasteiger partial charge is 0.0817 e. The van der Waals surface area contributed by atoms with Gasteiger partial charge in [0.25, 0.3) is 0 Å². The number of aromatic nitrogens is 2. The van der Waals surface area contributed by atoms with Crippen molar-refractivity contribution in [3.8, 4) is 0 Å². The van der Waals surface area contributed by atoms with Crippen molar-refractivity contribution in [3.63, 3.8) is 0 Å². The van der Waals surface area contributed by atoms with Gasteiger partial charge in [-0.2, -0.15) is 5.10 Å². The fraction of sp³-hybridized carbons (Fsp3) is 0.667. The van der Waals surface area contributed by atoms with Crippen LogP contribution in [0.15, 0.2) is 6.20 Å². The van der Waals surface area contributed by atoms with Crippen LogP contribution in [0.25, 0.3) is 0 Å². The number of alkyl halides is 1. The normalized spacial score (nSPS) is 10.7. The van der Waals surface area contributed by atoms with Gasteiger partial charge in [0.1, 0.15) is 0 Å². The molecule has 0 spiro atoms. The summed E-state index contributed by atoms with van der Waals surface area (Å²) in [6, 6.07) is 0. The molecular weight excluding hydrogens is 207 g/mol. The molecule has 74 valence electrons. The number of rotatable bonds is 5. The Morgan fingerprint density at radius 3 is 2.92 bits per heavy atom. The lowest BCUT2D eigenvalue weighted by Crippen LogP contribution is -2.04. The van der Waals surface area contributed by atoms with Gasteiger partial charge in [0.05, 0.1) is 16.9 Å². The molecule has 4 heteroatoms. The van der Waals surface area contributed by atoms with Crippen LogP contribution in [0.4, 0.5) is 0 Å². The van der Waals surface area contributed by atoms with Gasteiger partial charge in [0.15, 0.2) is 0 Å². The first-order valence-corrected chi connectivity index (χ1v) is 5.47. The first-order valence-electron chi connectivity index (χ1n) is 4.55. The van der Waals surface area contributed by atoms with E-state index in [9.17, 15) is 0 Å².